The molecule has 0 bridgehead atoms. The first-order valence-electron chi connectivity index (χ1n) is 4.11. The highest BCUT2D eigenvalue weighted by Crippen LogP contribution is 2.38. The SMILES string of the molecule is O=C1C[C@H]2CCC[C@H](I)[C@H]2O1. The lowest BCUT2D eigenvalue weighted by Gasteiger charge is -2.27. The van der Waals surface area contributed by atoms with Crippen molar-refractivity contribution in [3.63, 3.8) is 0 Å². The van der Waals surface area contributed by atoms with E-state index >= 15 is 0 Å². The average molecular weight is 266 g/mol. The Kier molecular flexibility index (Phi) is 2.08. The molecule has 11 heavy (non-hydrogen) atoms. The molecule has 2 aliphatic rings. The van der Waals surface area contributed by atoms with Crippen LogP contribution < -0.4 is 0 Å². The Morgan fingerprint density at radius 3 is 3.00 bits per heavy atom. The van der Waals surface area contributed by atoms with Crippen molar-refractivity contribution < 1.29 is 9.53 Å². The molecule has 1 heterocycles. The summed E-state index contributed by atoms with van der Waals surface area (Å²) >= 11 is 2.41. The molecular weight excluding hydrogens is 255 g/mol. The number of alkyl halides is 1. The molecule has 0 amide bonds. The summed E-state index contributed by atoms with van der Waals surface area (Å²) in [6.07, 6.45) is 4.59. The van der Waals surface area contributed by atoms with Crippen molar-refractivity contribution in [2.24, 2.45) is 5.92 Å². The highest BCUT2D eigenvalue weighted by molar-refractivity contribution is 14.1. The van der Waals surface area contributed by atoms with Crippen molar-refractivity contribution in [1.29, 1.82) is 0 Å². The molecule has 2 nitrogen and oxygen atoms in total. The Bertz CT molecular complexity index is 181. The third-order valence-corrected chi connectivity index (χ3v) is 3.90. The quantitative estimate of drug-likeness (QED) is 0.380. The van der Waals surface area contributed by atoms with Gasteiger partial charge in [0.1, 0.15) is 6.10 Å². The average Bonchev–Trinajstić information content (AvgIpc) is 2.31. The molecule has 0 radical (unpaired) electrons. The molecule has 0 spiro atoms. The molecule has 1 saturated heterocycles. The summed E-state index contributed by atoms with van der Waals surface area (Å²) in [7, 11) is 0. The van der Waals surface area contributed by atoms with Crippen LogP contribution in [-0.2, 0) is 9.53 Å². The van der Waals surface area contributed by atoms with Gasteiger partial charge in [-0.05, 0) is 12.8 Å². The largest absolute Gasteiger partial charge is 0.461 e. The van der Waals surface area contributed by atoms with Crippen molar-refractivity contribution in [1.82, 2.24) is 0 Å². The van der Waals surface area contributed by atoms with E-state index in [0.29, 0.717) is 16.3 Å². The van der Waals surface area contributed by atoms with Gasteiger partial charge in [-0.25, -0.2) is 0 Å². The highest BCUT2D eigenvalue weighted by Gasteiger charge is 2.41. The topological polar surface area (TPSA) is 26.3 Å². The lowest BCUT2D eigenvalue weighted by molar-refractivity contribution is -0.141. The number of ether oxygens (including phenoxy) is 1. The second kappa shape index (κ2) is 2.92. The number of rotatable bonds is 0. The zero-order valence-corrected chi connectivity index (χ0v) is 8.41. The predicted octanol–water partition coefficient (Wildman–Crippen LogP) is 1.91. The number of fused-ring (bicyclic) bond motifs is 1. The molecule has 3 atom stereocenters. The van der Waals surface area contributed by atoms with Crippen molar-refractivity contribution in [2.45, 2.75) is 35.7 Å². The van der Waals surface area contributed by atoms with Gasteiger partial charge in [0, 0.05) is 9.84 Å². The van der Waals surface area contributed by atoms with Crippen molar-refractivity contribution in [3.05, 3.63) is 0 Å². The zero-order valence-electron chi connectivity index (χ0n) is 6.25. The van der Waals surface area contributed by atoms with Crippen LogP contribution in [0.25, 0.3) is 0 Å². The van der Waals surface area contributed by atoms with E-state index in [1.807, 2.05) is 0 Å². The third kappa shape index (κ3) is 1.39. The van der Waals surface area contributed by atoms with Gasteiger partial charge >= 0.3 is 5.97 Å². The summed E-state index contributed by atoms with van der Waals surface area (Å²) in [5.74, 6) is 0.557. The van der Waals surface area contributed by atoms with E-state index in [2.05, 4.69) is 22.6 Å². The van der Waals surface area contributed by atoms with Gasteiger partial charge in [0.05, 0.1) is 6.42 Å². The maximum absolute atomic E-state index is 10.9. The summed E-state index contributed by atoms with van der Waals surface area (Å²) < 4.78 is 5.80. The highest BCUT2D eigenvalue weighted by atomic mass is 127. The fraction of sp³-hybridized carbons (Fsp3) is 0.875. The molecule has 62 valence electrons. The first-order valence-corrected chi connectivity index (χ1v) is 5.35. The zero-order chi connectivity index (χ0) is 7.84. The van der Waals surface area contributed by atoms with E-state index in [1.165, 1.54) is 19.3 Å². The lowest BCUT2D eigenvalue weighted by Crippen LogP contribution is -2.30. The van der Waals surface area contributed by atoms with Gasteiger partial charge in [0.2, 0.25) is 0 Å². The molecule has 2 fully saturated rings. The van der Waals surface area contributed by atoms with E-state index in [-0.39, 0.29) is 12.1 Å². The van der Waals surface area contributed by atoms with E-state index in [1.54, 1.807) is 0 Å². The van der Waals surface area contributed by atoms with Crippen molar-refractivity contribution >= 4 is 28.6 Å². The maximum Gasteiger partial charge on any atom is 0.306 e. The Morgan fingerprint density at radius 2 is 2.27 bits per heavy atom. The molecule has 1 aliphatic heterocycles. The standard InChI is InChI=1S/C8H11IO2/c9-6-3-1-2-5-4-7(10)11-8(5)6/h5-6,8H,1-4H2/t5-,6+,8+/m1/s1. The fourth-order valence-corrected chi connectivity index (χ4v) is 3.18. The molecule has 1 aliphatic carbocycles. The normalized spacial score (nSPS) is 43.4. The minimum Gasteiger partial charge on any atom is -0.461 e. The Hall–Kier alpha value is 0.200. The third-order valence-electron chi connectivity index (χ3n) is 2.57. The Balaban J connectivity index is 2.09. The minimum atomic E-state index is 0.0172. The van der Waals surface area contributed by atoms with Gasteiger partial charge in [-0.2, -0.15) is 0 Å². The maximum atomic E-state index is 10.9. The van der Waals surface area contributed by atoms with Crippen LogP contribution in [0.3, 0.4) is 0 Å². The molecule has 0 aromatic carbocycles. The van der Waals surface area contributed by atoms with Crippen LogP contribution in [0.4, 0.5) is 0 Å². The Morgan fingerprint density at radius 1 is 1.45 bits per heavy atom. The van der Waals surface area contributed by atoms with E-state index < -0.39 is 0 Å². The van der Waals surface area contributed by atoms with Gasteiger partial charge in [-0.3, -0.25) is 4.79 Å². The molecule has 2 rings (SSSR count). The smallest absolute Gasteiger partial charge is 0.306 e. The predicted molar refractivity (Wildman–Crippen MR) is 49.6 cm³/mol. The minimum absolute atomic E-state index is 0.0172. The van der Waals surface area contributed by atoms with E-state index in [4.69, 9.17) is 4.74 Å². The first-order chi connectivity index (χ1) is 5.27. The van der Waals surface area contributed by atoms with Crippen LogP contribution >= 0.6 is 22.6 Å². The second-order valence-corrected chi connectivity index (χ2v) is 4.97. The van der Waals surface area contributed by atoms with Gasteiger partial charge in [-0.1, -0.05) is 29.0 Å². The van der Waals surface area contributed by atoms with Crippen LogP contribution in [0.2, 0.25) is 0 Å². The molecule has 0 aromatic rings. The van der Waals surface area contributed by atoms with Crippen LogP contribution in [0, 0.1) is 5.92 Å². The molecular formula is C8H11IO2. The number of hydrogen-bond donors (Lipinski definition) is 0. The second-order valence-electron chi connectivity index (χ2n) is 3.37. The van der Waals surface area contributed by atoms with E-state index in [0.717, 1.165) is 0 Å². The molecule has 1 saturated carbocycles. The number of halogens is 1. The van der Waals surface area contributed by atoms with Crippen molar-refractivity contribution in [3.8, 4) is 0 Å². The summed E-state index contributed by atoms with van der Waals surface area (Å²) in [6.45, 7) is 0. The van der Waals surface area contributed by atoms with Gasteiger partial charge < -0.3 is 4.74 Å². The summed E-state index contributed by atoms with van der Waals surface area (Å²) in [5, 5.41) is 0. The van der Waals surface area contributed by atoms with Crippen LogP contribution in [0.15, 0.2) is 0 Å². The number of esters is 1. The number of carbonyl (C=O) groups excluding carboxylic acids is 1. The fourth-order valence-electron chi connectivity index (χ4n) is 2.00. The summed E-state index contributed by atoms with van der Waals surface area (Å²) in [4.78, 5) is 10.9. The molecule has 0 aromatic heterocycles. The molecule has 0 unspecified atom stereocenters. The van der Waals surface area contributed by atoms with Crippen LogP contribution in [-0.4, -0.2) is 16.0 Å². The van der Waals surface area contributed by atoms with Crippen LogP contribution in [0.1, 0.15) is 25.7 Å². The van der Waals surface area contributed by atoms with Crippen molar-refractivity contribution in [2.75, 3.05) is 0 Å². The molecule has 3 heteroatoms. The lowest BCUT2D eigenvalue weighted by atomic mass is 9.86. The number of carbonyl (C=O) groups is 1. The summed E-state index contributed by atoms with van der Waals surface area (Å²) in [5.41, 5.74) is 0. The van der Waals surface area contributed by atoms with Gasteiger partial charge in [0.15, 0.2) is 0 Å². The van der Waals surface area contributed by atoms with E-state index in [9.17, 15) is 4.79 Å². The monoisotopic (exact) mass is 266 g/mol. The van der Waals surface area contributed by atoms with Crippen LogP contribution in [0.5, 0.6) is 0 Å². The summed E-state index contributed by atoms with van der Waals surface area (Å²) in [6, 6.07) is 0. The molecule has 0 N–H and O–H groups in total. The Labute approximate surface area is 79.8 Å². The number of hydrogen-bond acceptors (Lipinski definition) is 2. The van der Waals surface area contributed by atoms with Gasteiger partial charge in [0.25, 0.3) is 0 Å². The first kappa shape index (κ1) is 7.83. The van der Waals surface area contributed by atoms with Gasteiger partial charge in [-0.15, -0.1) is 0 Å².